The van der Waals surface area contributed by atoms with Gasteiger partial charge >= 0.3 is 5.97 Å². The molecule has 0 saturated carbocycles. The highest BCUT2D eigenvalue weighted by Crippen LogP contribution is 2.40. The lowest BCUT2D eigenvalue weighted by Crippen LogP contribution is -2.38. The Morgan fingerprint density at radius 1 is 1.28 bits per heavy atom. The van der Waals surface area contributed by atoms with Crippen LogP contribution in [0.4, 0.5) is 4.39 Å². The molecular formula is C23H21ClFNO3. The summed E-state index contributed by atoms with van der Waals surface area (Å²) in [6, 6.07) is 13.1. The van der Waals surface area contributed by atoms with E-state index >= 15 is 0 Å². The van der Waals surface area contributed by atoms with Gasteiger partial charge in [0.15, 0.2) is 0 Å². The summed E-state index contributed by atoms with van der Waals surface area (Å²) in [5, 5.41) is 0.485. The lowest BCUT2D eigenvalue weighted by atomic mass is 9.83. The molecular weight excluding hydrogens is 393 g/mol. The molecule has 2 aromatic rings. The van der Waals surface area contributed by atoms with Crippen LogP contribution in [0.3, 0.4) is 0 Å². The zero-order valence-electron chi connectivity index (χ0n) is 16.0. The van der Waals surface area contributed by atoms with Crippen LogP contribution in [0.2, 0.25) is 5.02 Å². The minimum atomic E-state index is -0.510. The molecule has 1 unspecified atom stereocenters. The highest BCUT2D eigenvalue weighted by atomic mass is 35.5. The summed E-state index contributed by atoms with van der Waals surface area (Å²) in [6.45, 7) is 5.59. The predicted molar refractivity (Wildman–Crippen MR) is 110 cm³/mol. The van der Waals surface area contributed by atoms with Crippen molar-refractivity contribution in [3.63, 3.8) is 0 Å². The number of ether oxygens (including phenoxy) is 1. The first kappa shape index (κ1) is 20.8. The molecule has 2 aromatic carbocycles. The maximum Gasteiger partial charge on any atom is 0.336 e. The molecule has 0 spiro atoms. The number of amides is 1. The van der Waals surface area contributed by atoms with Crippen molar-refractivity contribution in [1.82, 2.24) is 4.90 Å². The van der Waals surface area contributed by atoms with Crippen LogP contribution in [0.1, 0.15) is 30.4 Å². The second-order valence-corrected chi connectivity index (χ2v) is 7.18. The highest BCUT2D eigenvalue weighted by Gasteiger charge is 2.37. The Hall–Kier alpha value is -2.92. The SMILES string of the molecule is C=CCOC(=O)C1=C(C)N(Cc2ccc(F)cc2)C(=O)CC1c1ccccc1Cl. The number of carbonyl (C=O) groups excluding carboxylic acids is 2. The molecule has 3 rings (SSSR count). The quantitative estimate of drug-likeness (QED) is 0.494. The average Bonchev–Trinajstić information content (AvgIpc) is 2.70. The maximum atomic E-state index is 13.2. The number of esters is 1. The molecule has 0 bridgehead atoms. The van der Waals surface area contributed by atoms with E-state index in [9.17, 15) is 14.0 Å². The number of halogens is 2. The van der Waals surface area contributed by atoms with E-state index in [-0.39, 0.29) is 31.3 Å². The van der Waals surface area contributed by atoms with Gasteiger partial charge in [-0.2, -0.15) is 0 Å². The van der Waals surface area contributed by atoms with Crippen LogP contribution in [0.25, 0.3) is 0 Å². The van der Waals surface area contributed by atoms with Crippen LogP contribution < -0.4 is 0 Å². The number of carbonyl (C=O) groups is 2. The van der Waals surface area contributed by atoms with Crippen molar-refractivity contribution in [3.8, 4) is 0 Å². The van der Waals surface area contributed by atoms with E-state index < -0.39 is 11.9 Å². The van der Waals surface area contributed by atoms with Crippen molar-refractivity contribution in [3.05, 3.63) is 94.4 Å². The zero-order chi connectivity index (χ0) is 21.0. The summed E-state index contributed by atoms with van der Waals surface area (Å²) in [5.74, 6) is -1.50. The van der Waals surface area contributed by atoms with E-state index in [2.05, 4.69) is 6.58 Å². The Morgan fingerprint density at radius 3 is 2.62 bits per heavy atom. The first-order valence-electron chi connectivity index (χ1n) is 9.20. The molecule has 29 heavy (non-hydrogen) atoms. The monoisotopic (exact) mass is 413 g/mol. The van der Waals surface area contributed by atoms with Crippen LogP contribution in [-0.4, -0.2) is 23.4 Å². The van der Waals surface area contributed by atoms with Gasteiger partial charge in [-0.25, -0.2) is 9.18 Å². The lowest BCUT2D eigenvalue weighted by molar-refractivity contribution is -0.139. The second kappa shape index (κ2) is 9.05. The fourth-order valence-electron chi connectivity index (χ4n) is 3.48. The first-order chi connectivity index (χ1) is 13.9. The van der Waals surface area contributed by atoms with Gasteiger partial charge < -0.3 is 9.64 Å². The fraction of sp³-hybridized carbons (Fsp3) is 0.217. The number of hydrogen-bond donors (Lipinski definition) is 0. The molecule has 1 heterocycles. The molecule has 6 heteroatoms. The molecule has 0 N–H and O–H groups in total. The number of rotatable bonds is 6. The summed E-state index contributed by atoms with van der Waals surface area (Å²) >= 11 is 6.36. The Kier molecular flexibility index (Phi) is 6.49. The zero-order valence-corrected chi connectivity index (χ0v) is 16.8. The smallest absolute Gasteiger partial charge is 0.336 e. The predicted octanol–water partition coefficient (Wildman–Crippen LogP) is 5.00. The number of nitrogens with zero attached hydrogens (tertiary/aromatic N) is 1. The Bertz CT molecular complexity index is 968. The lowest BCUT2D eigenvalue weighted by Gasteiger charge is -2.34. The molecule has 150 valence electrons. The number of hydrogen-bond acceptors (Lipinski definition) is 3. The normalized spacial score (nSPS) is 16.7. The third-order valence-corrected chi connectivity index (χ3v) is 5.25. The van der Waals surface area contributed by atoms with Crippen LogP contribution >= 0.6 is 11.6 Å². The van der Waals surface area contributed by atoms with Crippen molar-refractivity contribution in [2.24, 2.45) is 0 Å². The van der Waals surface area contributed by atoms with Gasteiger partial charge in [-0.3, -0.25) is 4.79 Å². The van der Waals surface area contributed by atoms with Crippen LogP contribution in [0, 0.1) is 5.82 Å². The van der Waals surface area contributed by atoms with Gasteiger partial charge in [-0.1, -0.05) is 54.6 Å². The minimum Gasteiger partial charge on any atom is -0.458 e. The third kappa shape index (κ3) is 4.57. The van der Waals surface area contributed by atoms with Gasteiger partial charge in [0, 0.05) is 23.1 Å². The van der Waals surface area contributed by atoms with E-state index in [4.69, 9.17) is 16.3 Å². The van der Waals surface area contributed by atoms with Crippen molar-refractivity contribution in [2.45, 2.75) is 25.8 Å². The second-order valence-electron chi connectivity index (χ2n) is 6.77. The van der Waals surface area contributed by atoms with E-state index in [1.807, 2.05) is 12.1 Å². The molecule has 1 aliphatic heterocycles. The summed E-state index contributed by atoms with van der Waals surface area (Å²) in [6.07, 6.45) is 1.57. The summed E-state index contributed by atoms with van der Waals surface area (Å²) in [7, 11) is 0. The van der Waals surface area contributed by atoms with E-state index in [1.54, 1.807) is 31.2 Å². The van der Waals surface area contributed by atoms with Crippen molar-refractivity contribution < 1.29 is 18.7 Å². The molecule has 4 nitrogen and oxygen atoms in total. The van der Waals surface area contributed by atoms with E-state index in [0.717, 1.165) is 5.56 Å². The van der Waals surface area contributed by atoms with Crippen molar-refractivity contribution in [1.29, 1.82) is 0 Å². The van der Waals surface area contributed by atoms with E-state index in [1.165, 1.54) is 23.1 Å². The van der Waals surface area contributed by atoms with Crippen LogP contribution in [-0.2, 0) is 20.9 Å². The first-order valence-corrected chi connectivity index (χ1v) is 9.58. The minimum absolute atomic E-state index is 0.0662. The summed E-state index contributed by atoms with van der Waals surface area (Å²) in [5.41, 5.74) is 2.36. The van der Waals surface area contributed by atoms with Gasteiger partial charge in [0.1, 0.15) is 12.4 Å². The summed E-state index contributed by atoms with van der Waals surface area (Å²) < 4.78 is 18.5. The molecule has 0 fully saturated rings. The molecule has 0 aromatic heterocycles. The number of allylic oxidation sites excluding steroid dienone is 1. The third-order valence-electron chi connectivity index (χ3n) is 4.91. The van der Waals surface area contributed by atoms with Crippen molar-refractivity contribution in [2.75, 3.05) is 6.61 Å². The molecule has 1 aliphatic rings. The Labute approximate surface area is 174 Å². The summed E-state index contributed by atoms with van der Waals surface area (Å²) in [4.78, 5) is 27.3. The molecule has 1 amide bonds. The standard InChI is InChI=1S/C23H21ClFNO3/c1-3-12-29-23(28)22-15(2)26(14-16-8-10-17(25)11-9-16)21(27)13-19(22)18-6-4-5-7-20(18)24/h3-11,19H,1,12-14H2,2H3. The van der Waals surface area contributed by atoms with Crippen molar-refractivity contribution >= 4 is 23.5 Å². The van der Waals surface area contributed by atoms with Gasteiger partial charge in [-0.15, -0.1) is 0 Å². The maximum absolute atomic E-state index is 13.2. The van der Waals surface area contributed by atoms with Crippen LogP contribution in [0.5, 0.6) is 0 Å². The molecule has 0 aliphatic carbocycles. The number of benzene rings is 2. The average molecular weight is 414 g/mol. The van der Waals surface area contributed by atoms with Gasteiger partial charge in [0.05, 0.1) is 12.1 Å². The van der Waals surface area contributed by atoms with Gasteiger partial charge in [-0.05, 0) is 36.2 Å². The van der Waals surface area contributed by atoms with E-state index in [0.29, 0.717) is 21.9 Å². The van der Waals surface area contributed by atoms with Crippen LogP contribution in [0.15, 0.2) is 72.5 Å². The largest absolute Gasteiger partial charge is 0.458 e. The molecule has 0 radical (unpaired) electrons. The van der Waals surface area contributed by atoms with Gasteiger partial charge in [0.25, 0.3) is 0 Å². The molecule has 0 saturated heterocycles. The highest BCUT2D eigenvalue weighted by molar-refractivity contribution is 6.31. The molecule has 1 atom stereocenters. The van der Waals surface area contributed by atoms with Gasteiger partial charge in [0.2, 0.25) is 5.91 Å². The Morgan fingerprint density at radius 2 is 1.97 bits per heavy atom. The topological polar surface area (TPSA) is 46.6 Å². The fourth-order valence-corrected chi connectivity index (χ4v) is 3.74. The Balaban J connectivity index is 2.03.